The van der Waals surface area contributed by atoms with Crippen LogP contribution in [0.3, 0.4) is 0 Å². The summed E-state index contributed by atoms with van der Waals surface area (Å²) < 4.78 is 5.58. The van der Waals surface area contributed by atoms with Crippen molar-refractivity contribution in [1.29, 1.82) is 0 Å². The van der Waals surface area contributed by atoms with E-state index in [1.54, 1.807) is 4.90 Å². The lowest BCUT2D eigenvalue weighted by Gasteiger charge is -2.31. The number of pyridine rings is 1. The van der Waals surface area contributed by atoms with Gasteiger partial charge < -0.3 is 4.74 Å². The summed E-state index contributed by atoms with van der Waals surface area (Å²) in [4.78, 5) is 21.4. The molecule has 0 unspecified atom stereocenters. The maximum atomic E-state index is 12.7. The first-order valence-corrected chi connectivity index (χ1v) is 9.49. The lowest BCUT2D eigenvalue weighted by molar-refractivity contribution is 0.0566. The minimum atomic E-state index is -0.520. The summed E-state index contributed by atoms with van der Waals surface area (Å²) in [6.07, 6.45) is 4.84. The van der Waals surface area contributed by atoms with Crippen molar-refractivity contribution in [2.24, 2.45) is 0 Å². The SMILES string of the molecule is CC[C@@H](C)N(C(=O)OC(C)(C)C)c1ccc([C@H]2CCCN2CC)cn1. The molecule has 0 aromatic carbocycles. The van der Waals surface area contributed by atoms with Crippen molar-refractivity contribution in [1.82, 2.24) is 9.88 Å². The van der Waals surface area contributed by atoms with Crippen LogP contribution in [-0.2, 0) is 4.74 Å². The van der Waals surface area contributed by atoms with E-state index < -0.39 is 5.60 Å². The quantitative estimate of drug-likeness (QED) is 0.769. The van der Waals surface area contributed by atoms with Gasteiger partial charge in [0.25, 0.3) is 0 Å². The zero-order valence-electron chi connectivity index (χ0n) is 16.6. The fraction of sp³-hybridized carbons (Fsp3) is 0.700. The minimum absolute atomic E-state index is 0.0341. The highest BCUT2D eigenvalue weighted by Gasteiger charge is 2.29. The van der Waals surface area contributed by atoms with E-state index in [4.69, 9.17) is 4.74 Å². The Bertz CT molecular complexity index is 565. The normalized spacial score (nSPS) is 19.7. The molecule has 0 spiro atoms. The summed E-state index contributed by atoms with van der Waals surface area (Å²) in [7, 11) is 0. The number of rotatable bonds is 5. The second-order valence-corrected chi connectivity index (χ2v) is 7.84. The van der Waals surface area contributed by atoms with Crippen molar-refractivity contribution in [3.8, 4) is 0 Å². The molecular weight excluding hydrogens is 314 g/mol. The van der Waals surface area contributed by atoms with Gasteiger partial charge in [-0.25, -0.2) is 9.78 Å². The van der Waals surface area contributed by atoms with Gasteiger partial charge in [-0.05, 0) is 71.7 Å². The average Bonchev–Trinajstić information content (AvgIpc) is 3.02. The number of hydrogen-bond donors (Lipinski definition) is 0. The summed E-state index contributed by atoms with van der Waals surface area (Å²) in [5.41, 5.74) is 0.713. The van der Waals surface area contributed by atoms with Crippen LogP contribution >= 0.6 is 0 Å². The van der Waals surface area contributed by atoms with Gasteiger partial charge in [-0.2, -0.15) is 0 Å². The molecule has 2 rings (SSSR count). The van der Waals surface area contributed by atoms with Gasteiger partial charge in [0.2, 0.25) is 0 Å². The van der Waals surface area contributed by atoms with Crippen LogP contribution in [0.1, 0.15) is 72.4 Å². The number of amides is 1. The number of nitrogens with zero attached hydrogens (tertiary/aromatic N) is 3. The van der Waals surface area contributed by atoms with Gasteiger partial charge in [0.15, 0.2) is 0 Å². The van der Waals surface area contributed by atoms with E-state index in [0.717, 1.165) is 19.5 Å². The summed E-state index contributed by atoms with van der Waals surface area (Å²) >= 11 is 0. The van der Waals surface area contributed by atoms with E-state index in [0.29, 0.717) is 11.9 Å². The second-order valence-electron chi connectivity index (χ2n) is 7.84. The Kier molecular flexibility index (Phi) is 6.44. The summed E-state index contributed by atoms with van der Waals surface area (Å²) in [6, 6.07) is 4.55. The molecular formula is C20H33N3O2. The first kappa shape index (κ1) is 19.7. The average molecular weight is 348 g/mol. The molecule has 1 aliphatic heterocycles. The zero-order valence-corrected chi connectivity index (χ0v) is 16.6. The number of likely N-dealkylation sites (tertiary alicyclic amines) is 1. The van der Waals surface area contributed by atoms with Gasteiger partial charge in [0, 0.05) is 18.3 Å². The molecule has 1 aromatic rings. The first-order valence-electron chi connectivity index (χ1n) is 9.49. The monoisotopic (exact) mass is 347 g/mol. The smallest absolute Gasteiger partial charge is 0.416 e. The lowest BCUT2D eigenvalue weighted by Crippen LogP contribution is -2.42. The van der Waals surface area contributed by atoms with Crippen LogP contribution in [0.2, 0.25) is 0 Å². The number of carbonyl (C=O) groups is 1. The van der Waals surface area contributed by atoms with Gasteiger partial charge in [-0.15, -0.1) is 0 Å². The Morgan fingerprint density at radius 2 is 2.12 bits per heavy atom. The Balaban J connectivity index is 2.22. The molecule has 25 heavy (non-hydrogen) atoms. The molecule has 5 nitrogen and oxygen atoms in total. The van der Waals surface area contributed by atoms with E-state index in [-0.39, 0.29) is 12.1 Å². The number of aromatic nitrogens is 1. The second kappa shape index (κ2) is 8.17. The Labute approximate surface area is 152 Å². The molecule has 0 bridgehead atoms. The van der Waals surface area contributed by atoms with Crippen molar-refractivity contribution in [2.45, 2.75) is 78.5 Å². The van der Waals surface area contributed by atoms with Crippen LogP contribution < -0.4 is 4.90 Å². The summed E-state index contributed by atoms with van der Waals surface area (Å²) in [5, 5.41) is 0. The number of anilines is 1. The predicted octanol–water partition coefficient (Wildman–Crippen LogP) is 4.78. The van der Waals surface area contributed by atoms with Crippen LogP contribution in [0.15, 0.2) is 18.3 Å². The molecule has 5 heteroatoms. The van der Waals surface area contributed by atoms with Gasteiger partial charge in [-0.3, -0.25) is 9.80 Å². The Morgan fingerprint density at radius 3 is 2.64 bits per heavy atom. The van der Waals surface area contributed by atoms with Crippen molar-refractivity contribution in [3.05, 3.63) is 23.9 Å². The molecule has 0 N–H and O–H groups in total. The highest BCUT2D eigenvalue weighted by Crippen LogP contribution is 2.32. The van der Waals surface area contributed by atoms with Crippen LogP contribution in [0.5, 0.6) is 0 Å². The van der Waals surface area contributed by atoms with Crippen molar-refractivity contribution in [3.63, 3.8) is 0 Å². The van der Waals surface area contributed by atoms with Gasteiger partial charge in [0.05, 0.1) is 0 Å². The number of hydrogen-bond acceptors (Lipinski definition) is 4. The Morgan fingerprint density at radius 1 is 1.40 bits per heavy atom. The molecule has 2 heterocycles. The van der Waals surface area contributed by atoms with Gasteiger partial charge in [0.1, 0.15) is 11.4 Å². The maximum Gasteiger partial charge on any atom is 0.416 e. The van der Waals surface area contributed by atoms with Gasteiger partial charge in [-0.1, -0.05) is 19.9 Å². The topological polar surface area (TPSA) is 45.7 Å². The zero-order chi connectivity index (χ0) is 18.6. The third-order valence-electron chi connectivity index (χ3n) is 4.79. The molecule has 1 aromatic heterocycles. The lowest BCUT2D eigenvalue weighted by atomic mass is 10.1. The Hall–Kier alpha value is -1.62. The fourth-order valence-electron chi connectivity index (χ4n) is 3.31. The van der Waals surface area contributed by atoms with Crippen LogP contribution in [0, 0.1) is 0 Å². The van der Waals surface area contributed by atoms with Crippen molar-refractivity contribution < 1.29 is 9.53 Å². The molecule has 0 aliphatic carbocycles. The van der Waals surface area contributed by atoms with Crippen molar-refractivity contribution >= 4 is 11.9 Å². The summed E-state index contributed by atoms with van der Waals surface area (Å²) in [6.45, 7) is 14.2. The molecule has 1 amide bonds. The largest absolute Gasteiger partial charge is 0.443 e. The highest BCUT2D eigenvalue weighted by molar-refractivity contribution is 5.87. The molecule has 0 saturated carbocycles. The van der Waals surface area contributed by atoms with E-state index in [1.165, 1.54) is 18.4 Å². The molecule has 2 atom stereocenters. The number of carbonyl (C=O) groups excluding carboxylic acids is 1. The molecule has 140 valence electrons. The standard InChI is InChI=1S/C20H33N3O2/c1-7-15(3)23(19(24)25-20(4,5)6)18-12-11-16(14-21-18)17-10-9-13-22(17)8-2/h11-12,14-15,17H,7-10,13H2,1-6H3/t15-,17-/m1/s1. The van der Waals surface area contributed by atoms with E-state index in [2.05, 4.69) is 29.8 Å². The molecule has 0 radical (unpaired) electrons. The number of ether oxygens (including phenoxy) is 1. The molecule has 1 aliphatic rings. The third-order valence-corrected chi connectivity index (χ3v) is 4.79. The molecule has 1 fully saturated rings. The van der Waals surface area contributed by atoms with E-state index in [9.17, 15) is 4.79 Å². The van der Waals surface area contributed by atoms with Crippen LogP contribution in [-0.4, -0.2) is 40.7 Å². The predicted molar refractivity (Wildman–Crippen MR) is 102 cm³/mol. The fourth-order valence-corrected chi connectivity index (χ4v) is 3.31. The van der Waals surface area contributed by atoms with E-state index >= 15 is 0 Å². The third kappa shape index (κ3) is 4.94. The van der Waals surface area contributed by atoms with Crippen LogP contribution in [0.25, 0.3) is 0 Å². The highest BCUT2D eigenvalue weighted by atomic mass is 16.6. The van der Waals surface area contributed by atoms with Crippen LogP contribution in [0.4, 0.5) is 10.6 Å². The maximum absolute atomic E-state index is 12.7. The summed E-state index contributed by atoms with van der Waals surface area (Å²) in [5.74, 6) is 0.661. The van der Waals surface area contributed by atoms with Gasteiger partial charge >= 0.3 is 6.09 Å². The minimum Gasteiger partial charge on any atom is -0.443 e. The van der Waals surface area contributed by atoms with E-state index in [1.807, 2.05) is 40.0 Å². The molecule has 1 saturated heterocycles. The first-order chi connectivity index (χ1) is 11.8. The van der Waals surface area contributed by atoms with Crippen molar-refractivity contribution in [2.75, 3.05) is 18.0 Å².